The molecule has 4 rings (SSSR count). The lowest BCUT2D eigenvalue weighted by Gasteiger charge is -2.35. The Balaban J connectivity index is 1.33. The molecule has 0 aliphatic carbocycles. The summed E-state index contributed by atoms with van der Waals surface area (Å²) in [4.78, 5) is 4.79. The van der Waals surface area contributed by atoms with Crippen LogP contribution in [0.15, 0.2) is 57.7 Å². The van der Waals surface area contributed by atoms with Crippen molar-refractivity contribution in [2.75, 3.05) is 38.2 Å². The molecule has 1 saturated heterocycles. The predicted molar refractivity (Wildman–Crippen MR) is 94.7 cm³/mol. The molecular weight excluding hydrogens is 318 g/mol. The number of anilines is 1. The van der Waals surface area contributed by atoms with Crippen molar-refractivity contribution in [1.29, 1.82) is 0 Å². The second-order valence-corrected chi connectivity index (χ2v) is 6.12. The quantitative estimate of drug-likeness (QED) is 0.711. The van der Waals surface area contributed by atoms with E-state index >= 15 is 0 Å². The monoisotopic (exact) mass is 339 g/mol. The molecule has 0 amide bonds. The summed E-state index contributed by atoms with van der Waals surface area (Å²) in [5.74, 6) is 2.28. The minimum atomic E-state index is 0.678. The maximum absolute atomic E-state index is 5.37. The largest absolute Gasteiger partial charge is 0.497 e. The van der Waals surface area contributed by atoms with E-state index in [-0.39, 0.29) is 0 Å². The number of hydrogen-bond acceptors (Lipinski definition) is 6. The van der Waals surface area contributed by atoms with E-state index in [1.165, 1.54) is 5.69 Å². The van der Waals surface area contributed by atoms with Crippen LogP contribution in [0.25, 0.3) is 11.5 Å². The number of rotatable bonds is 5. The van der Waals surface area contributed by atoms with Crippen LogP contribution in [0.1, 0.15) is 5.69 Å². The lowest BCUT2D eigenvalue weighted by atomic mass is 10.2. The zero-order valence-electron chi connectivity index (χ0n) is 14.2. The summed E-state index contributed by atoms with van der Waals surface area (Å²) in [6.45, 7) is 4.77. The Kier molecular flexibility index (Phi) is 4.43. The summed E-state index contributed by atoms with van der Waals surface area (Å²) < 4.78 is 15.9. The van der Waals surface area contributed by atoms with Crippen molar-refractivity contribution in [3.8, 4) is 17.3 Å². The Hall–Kier alpha value is -2.73. The Labute approximate surface area is 146 Å². The second kappa shape index (κ2) is 7.03. The van der Waals surface area contributed by atoms with E-state index in [4.69, 9.17) is 13.7 Å². The van der Waals surface area contributed by atoms with Crippen molar-refractivity contribution in [1.82, 2.24) is 10.1 Å². The normalized spacial score (nSPS) is 15.5. The van der Waals surface area contributed by atoms with Crippen molar-refractivity contribution in [2.45, 2.75) is 6.54 Å². The SMILES string of the molecule is COc1ccc(N2CCN(Cc3cc(-c4ccco4)on3)CC2)cc1. The van der Waals surface area contributed by atoms with Gasteiger partial charge in [-0.3, -0.25) is 4.90 Å². The van der Waals surface area contributed by atoms with E-state index < -0.39 is 0 Å². The molecule has 0 spiro atoms. The highest BCUT2D eigenvalue weighted by atomic mass is 16.5. The van der Waals surface area contributed by atoms with Gasteiger partial charge in [-0.25, -0.2) is 0 Å². The molecule has 0 N–H and O–H groups in total. The van der Waals surface area contributed by atoms with Gasteiger partial charge in [0.05, 0.1) is 19.1 Å². The fraction of sp³-hybridized carbons (Fsp3) is 0.316. The molecule has 25 heavy (non-hydrogen) atoms. The summed E-state index contributed by atoms with van der Waals surface area (Å²) >= 11 is 0. The molecular formula is C19H21N3O3. The first-order valence-electron chi connectivity index (χ1n) is 8.42. The molecule has 3 heterocycles. The number of nitrogens with zero attached hydrogens (tertiary/aromatic N) is 3. The summed E-state index contributed by atoms with van der Waals surface area (Å²) in [5.41, 5.74) is 2.17. The highest BCUT2D eigenvalue weighted by Gasteiger charge is 2.19. The Bertz CT molecular complexity index is 788. The van der Waals surface area contributed by atoms with Crippen LogP contribution >= 0.6 is 0 Å². The summed E-state index contributed by atoms with van der Waals surface area (Å²) in [6, 6.07) is 13.9. The number of benzene rings is 1. The molecule has 1 fully saturated rings. The van der Waals surface area contributed by atoms with Crippen LogP contribution in [0, 0.1) is 0 Å². The van der Waals surface area contributed by atoms with Crippen molar-refractivity contribution in [3.63, 3.8) is 0 Å². The fourth-order valence-electron chi connectivity index (χ4n) is 3.11. The van der Waals surface area contributed by atoms with Crippen LogP contribution in [0.3, 0.4) is 0 Å². The number of aromatic nitrogens is 1. The minimum absolute atomic E-state index is 0.678. The molecule has 3 aromatic rings. The number of hydrogen-bond donors (Lipinski definition) is 0. The topological polar surface area (TPSA) is 54.9 Å². The lowest BCUT2D eigenvalue weighted by molar-refractivity contribution is 0.242. The third-order valence-electron chi connectivity index (χ3n) is 4.52. The number of furan rings is 1. The van der Waals surface area contributed by atoms with Gasteiger partial charge in [0.25, 0.3) is 0 Å². The predicted octanol–water partition coefficient (Wildman–Crippen LogP) is 3.27. The van der Waals surface area contributed by atoms with Crippen LogP contribution < -0.4 is 9.64 Å². The molecule has 130 valence electrons. The zero-order chi connectivity index (χ0) is 17.1. The molecule has 1 aliphatic rings. The highest BCUT2D eigenvalue weighted by molar-refractivity contribution is 5.50. The van der Waals surface area contributed by atoms with Crippen molar-refractivity contribution in [3.05, 3.63) is 54.4 Å². The van der Waals surface area contributed by atoms with Crippen LogP contribution in [-0.4, -0.2) is 43.3 Å². The number of piperazine rings is 1. The first-order chi connectivity index (χ1) is 12.3. The first kappa shape index (κ1) is 15.8. The van der Waals surface area contributed by atoms with Gasteiger partial charge in [-0.2, -0.15) is 0 Å². The average Bonchev–Trinajstić information content (AvgIpc) is 3.34. The maximum atomic E-state index is 5.37. The molecule has 0 radical (unpaired) electrons. The molecule has 0 unspecified atom stereocenters. The highest BCUT2D eigenvalue weighted by Crippen LogP contribution is 2.23. The van der Waals surface area contributed by atoms with E-state index in [0.29, 0.717) is 11.5 Å². The van der Waals surface area contributed by atoms with Gasteiger partial charge >= 0.3 is 0 Å². The Morgan fingerprint density at radius 2 is 1.84 bits per heavy atom. The molecule has 0 atom stereocenters. The van der Waals surface area contributed by atoms with Crippen LogP contribution in [0.4, 0.5) is 5.69 Å². The lowest BCUT2D eigenvalue weighted by Crippen LogP contribution is -2.46. The van der Waals surface area contributed by atoms with Crippen LogP contribution in [0.5, 0.6) is 5.75 Å². The van der Waals surface area contributed by atoms with E-state index in [9.17, 15) is 0 Å². The third kappa shape index (κ3) is 3.53. The molecule has 0 saturated carbocycles. The van der Waals surface area contributed by atoms with Crippen molar-refractivity contribution >= 4 is 5.69 Å². The maximum Gasteiger partial charge on any atom is 0.202 e. The van der Waals surface area contributed by atoms with Gasteiger partial charge in [-0.15, -0.1) is 0 Å². The Morgan fingerprint density at radius 1 is 1.04 bits per heavy atom. The third-order valence-corrected chi connectivity index (χ3v) is 4.52. The first-order valence-corrected chi connectivity index (χ1v) is 8.42. The molecule has 2 aromatic heterocycles. The van der Waals surface area contributed by atoms with E-state index in [2.05, 4.69) is 27.1 Å². The van der Waals surface area contributed by atoms with Gasteiger partial charge in [0, 0.05) is 44.5 Å². The number of ether oxygens (including phenoxy) is 1. The van der Waals surface area contributed by atoms with E-state index in [1.807, 2.05) is 30.3 Å². The van der Waals surface area contributed by atoms with Gasteiger partial charge in [-0.1, -0.05) is 5.16 Å². The summed E-state index contributed by atoms with van der Waals surface area (Å²) in [7, 11) is 1.69. The van der Waals surface area contributed by atoms with Gasteiger partial charge in [0.2, 0.25) is 5.76 Å². The van der Waals surface area contributed by atoms with Crippen molar-refractivity contribution < 1.29 is 13.7 Å². The summed E-state index contributed by atoms with van der Waals surface area (Å²) in [5, 5.41) is 4.16. The van der Waals surface area contributed by atoms with Gasteiger partial charge < -0.3 is 18.6 Å². The van der Waals surface area contributed by atoms with E-state index in [0.717, 1.165) is 44.2 Å². The molecule has 6 nitrogen and oxygen atoms in total. The molecule has 1 aromatic carbocycles. The standard InChI is InChI=1S/C19H21N3O3/c1-23-17-6-4-16(5-7-17)22-10-8-21(9-11-22)14-15-13-19(25-20-15)18-3-2-12-24-18/h2-7,12-13H,8-11,14H2,1H3. The molecule has 6 heteroatoms. The van der Waals surface area contributed by atoms with Crippen LogP contribution in [-0.2, 0) is 6.54 Å². The molecule has 1 aliphatic heterocycles. The average molecular weight is 339 g/mol. The molecule has 0 bridgehead atoms. The Morgan fingerprint density at radius 3 is 2.52 bits per heavy atom. The van der Waals surface area contributed by atoms with Gasteiger partial charge in [0.15, 0.2) is 5.76 Å². The fourth-order valence-corrected chi connectivity index (χ4v) is 3.11. The van der Waals surface area contributed by atoms with Gasteiger partial charge in [-0.05, 0) is 36.4 Å². The smallest absolute Gasteiger partial charge is 0.202 e. The van der Waals surface area contributed by atoms with Gasteiger partial charge in [0.1, 0.15) is 5.75 Å². The minimum Gasteiger partial charge on any atom is -0.497 e. The van der Waals surface area contributed by atoms with Crippen LogP contribution in [0.2, 0.25) is 0 Å². The number of methoxy groups -OCH3 is 1. The zero-order valence-corrected chi connectivity index (χ0v) is 14.2. The summed E-state index contributed by atoms with van der Waals surface area (Å²) in [6.07, 6.45) is 1.63. The van der Waals surface area contributed by atoms with Crippen molar-refractivity contribution in [2.24, 2.45) is 0 Å². The second-order valence-electron chi connectivity index (χ2n) is 6.12. The van der Waals surface area contributed by atoms with E-state index in [1.54, 1.807) is 13.4 Å².